The first-order chi connectivity index (χ1) is 8.99. The van der Waals surface area contributed by atoms with Crippen LogP contribution < -0.4 is 5.73 Å². The van der Waals surface area contributed by atoms with E-state index in [1.54, 1.807) is 0 Å². The molecular weight excluding hydrogens is 272 g/mol. The fraction of sp³-hybridized carbons (Fsp3) is 0.800. The maximum Gasteiger partial charge on any atom is 0.0492 e. The smallest absolute Gasteiger partial charge is 0.0492 e. The number of likely N-dealkylation sites (tertiary alicyclic amines) is 1. The van der Waals surface area contributed by atoms with Gasteiger partial charge in [0.2, 0.25) is 0 Å². The van der Waals surface area contributed by atoms with Crippen molar-refractivity contribution >= 4 is 12.4 Å². The minimum atomic E-state index is -0.0865. The summed E-state index contributed by atoms with van der Waals surface area (Å²) in [6.07, 6.45) is 5.55. The summed E-state index contributed by atoms with van der Waals surface area (Å²) in [6, 6.07) is 2.20. The first kappa shape index (κ1) is 17.5. The third-order valence-corrected chi connectivity index (χ3v) is 3.82. The van der Waals surface area contributed by atoms with Crippen molar-refractivity contribution < 1.29 is 0 Å². The van der Waals surface area contributed by atoms with Gasteiger partial charge in [-0.3, -0.25) is 4.68 Å². The first-order valence-corrected chi connectivity index (χ1v) is 7.52. The van der Waals surface area contributed by atoms with Gasteiger partial charge in [0.15, 0.2) is 0 Å². The molecule has 0 amide bonds. The highest BCUT2D eigenvalue weighted by Crippen LogP contribution is 2.28. The van der Waals surface area contributed by atoms with Gasteiger partial charge in [-0.15, -0.1) is 12.4 Å². The zero-order valence-electron chi connectivity index (χ0n) is 13.0. The Hall–Kier alpha value is -0.580. The van der Waals surface area contributed by atoms with Crippen LogP contribution in [0.4, 0.5) is 0 Å². The van der Waals surface area contributed by atoms with Crippen molar-refractivity contribution in [2.45, 2.75) is 58.0 Å². The Balaban J connectivity index is 0.00000200. The molecule has 1 aromatic heterocycles. The Morgan fingerprint density at radius 3 is 2.55 bits per heavy atom. The molecule has 1 aliphatic rings. The molecule has 0 aromatic carbocycles. The lowest BCUT2D eigenvalue weighted by Gasteiger charge is -2.35. The van der Waals surface area contributed by atoms with Crippen LogP contribution in [0, 0.1) is 0 Å². The minimum Gasteiger partial charge on any atom is -0.324 e. The number of piperidine rings is 1. The van der Waals surface area contributed by atoms with E-state index >= 15 is 0 Å². The Morgan fingerprint density at radius 2 is 2.00 bits per heavy atom. The predicted molar refractivity (Wildman–Crippen MR) is 86.4 cm³/mol. The van der Waals surface area contributed by atoms with Crippen molar-refractivity contribution in [1.82, 2.24) is 14.7 Å². The highest BCUT2D eigenvalue weighted by Gasteiger charge is 2.25. The van der Waals surface area contributed by atoms with Crippen LogP contribution in [0.1, 0.15) is 51.6 Å². The van der Waals surface area contributed by atoms with Crippen molar-refractivity contribution in [2.75, 3.05) is 19.6 Å². The van der Waals surface area contributed by atoms with E-state index in [1.807, 2.05) is 6.20 Å². The van der Waals surface area contributed by atoms with Gasteiger partial charge in [0, 0.05) is 36.4 Å². The molecule has 0 unspecified atom stereocenters. The van der Waals surface area contributed by atoms with E-state index in [-0.39, 0.29) is 17.9 Å². The topological polar surface area (TPSA) is 47.1 Å². The number of nitrogens with two attached hydrogens (primary N) is 1. The lowest BCUT2D eigenvalue weighted by atomic mass is 9.92. The third kappa shape index (κ3) is 4.76. The molecule has 2 rings (SSSR count). The van der Waals surface area contributed by atoms with Gasteiger partial charge in [0.05, 0.1) is 0 Å². The van der Waals surface area contributed by atoms with Crippen LogP contribution in [0.25, 0.3) is 0 Å². The summed E-state index contributed by atoms with van der Waals surface area (Å²) in [5.74, 6) is 0.672. The van der Waals surface area contributed by atoms with Gasteiger partial charge in [0.1, 0.15) is 0 Å². The summed E-state index contributed by atoms with van der Waals surface area (Å²) < 4.78 is 2.19. The van der Waals surface area contributed by atoms with Gasteiger partial charge in [0.25, 0.3) is 0 Å². The Labute approximate surface area is 129 Å². The summed E-state index contributed by atoms with van der Waals surface area (Å²) >= 11 is 0. The van der Waals surface area contributed by atoms with Crippen LogP contribution >= 0.6 is 12.4 Å². The summed E-state index contributed by atoms with van der Waals surface area (Å²) in [5.41, 5.74) is 7.44. The highest BCUT2D eigenvalue weighted by atomic mass is 35.5. The highest BCUT2D eigenvalue weighted by molar-refractivity contribution is 5.85. The van der Waals surface area contributed by atoms with E-state index < -0.39 is 0 Å². The summed E-state index contributed by atoms with van der Waals surface area (Å²) in [4.78, 5) is 2.50. The molecule has 0 aliphatic carbocycles. The van der Waals surface area contributed by atoms with Gasteiger partial charge in [-0.2, -0.15) is 5.10 Å². The molecule has 2 heterocycles. The van der Waals surface area contributed by atoms with E-state index in [9.17, 15) is 0 Å². The van der Waals surface area contributed by atoms with Crippen molar-refractivity contribution in [2.24, 2.45) is 5.73 Å². The van der Waals surface area contributed by atoms with Crippen LogP contribution in [-0.2, 0) is 6.54 Å². The Kier molecular flexibility index (Phi) is 6.49. The summed E-state index contributed by atoms with van der Waals surface area (Å²) in [5, 5.41) is 4.44. The van der Waals surface area contributed by atoms with Crippen LogP contribution in [0.5, 0.6) is 0 Å². The number of rotatable bonds is 5. The van der Waals surface area contributed by atoms with Gasteiger partial charge >= 0.3 is 0 Å². The maximum absolute atomic E-state index is 6.10. The molecule has 5 heteroatoms. The zero-order chi connectivity index (χ0) is 13.9. The molecule has 1 aliphatic heterocycles. The SMILES string of the molecule is CCCn1nccc1C1CCN(CC(C)(C)N)CC1.Cl. The van der Waals surface area contributed by atoms with Crippen LogP contribution in [0.2, 0.25) is 0 Å². The second kappa shape index (κ2) is 7.43. The van der Waals surface area contributed by atoms with Crippen LogP contribution in [0.3, 0.4) is 0 Å². The summed E-state index contributed by atoms with van der Waals surface area (Å²) in [7, 11) is 0. The fourth-order valence-corrected chi connectivity index (χ4v) is 3.05. The average molecular weight is 301 g/mol. The molecule has 116 valence electrons. The molecular formula is C15H29ClN4. The zero-order valence-corrected chi connectivity index (χ0v) is 13.8. The molecule has 1 saturated heterocycles. The quantitative estimate of drug-likeness (QED) is 0.909. The number of aromatic nitrogens is 2. The van der Waals surface area contributed by atoms with E-state index in [2.05, 4.69) is 41.5 Å². The second-order valence-electron chi connectivity index (χ2n) is 6.52. The molecule has 0 spiro atoms. The fourth-order valence-electron chi connectivity index (χ4n) is 3.05. The molecule has 0 bridgehead atoms. The first-order valence-electron chi connectivity index (χ1n) is 7.52. The number of hydrogen-bond donors (Lipinski definition) is 1. The van der Waals surface area contributed by atoms with E-state index in [1.165, 1.54) is 18.5 Å². The third-order valence-electron chi connectivity index (χ3n) is 3.82. The van der Waals surface area contributed by atoms with Crippen molar-refractivity contribution in [3.8, 4) is 0 Å². The molecule has 2 N–H and O–H groups in total. The van der Waals surface area contributed by atoms with Crippen LogP contribution in [-0.4, -0.2) is 39.9 Å². The number of nitrogens with zero attached hydrogens (tertiary/aromatic N) is 3. The molecule has 4 nitrogen and oxygen atoms in total. The second-order valence-corrected chi connectivity index (χ2v) is 6.52. The summed E-state index contributed by atoms with van der Waals surface area (Å²) in [6.45, 7) is 10.8. The predicted octanol–water partition coefficient (Wildman–Crippen LogP) is 2.63. The Bertz CT molecular complexity index is 389. The average Bonchev–Trinajstić information content (AvgIpc) is 2.77. The van der Waals surface area contributed by atoms with Crippen molar-refractivity contribution in [1.29, 1.82) is 0 Å². The molecule has 1 aromatic rings. The van der Waals surface area contributed by atoms with Gasteiger partial charge in [-0.05, 0) is 52.3 Å². The molecule has 20 heavy (non-hydrogen) atoms. The Morgan fingerprint density at radius 1 is 1.35 bits per heavy atom. The standard InChI is InChI=1S/C15H28N4.ClH/c1-4-9-19-14(5-8-17-19)13-6-10-18(11-7-13)12-15(2,3)16;/h5,8,13H,4,6-7,9-12,16H2,1-3H3;1H. The maximum atomic E-state index is 6.10. The largest absolute Gasteiger partial charge is 0.324 e. The lowest BCUT2D eigenvalue weighted by molar-refractivity contribution is 0.177. The monoisotopic (exact) mass is 300 g/mol. The number of aryl methyl sites for hydroxylation is 1. The van der Waals surface area contributed by atoms with Gasteiger partial charge in [-0.1, -0.05) is 6.92 Å². The molecule has 0 atom stereocenters. The molecule has 0 radical (unpaired) electrons. The lowest BCUT2D eigenvalue weighted by Crippen LogP contribution is -2.47. The number of halogens is 1. The van der Waals surface area contributed by atoms with Crippen molar-refractivity contribution in [3.63, 3.8) is 0 Å². The van der Waals surface area contributed by atoms with E-state index in [0.717, 1.165) is 32.6 Å². The normalized spacial score (nSPS) is 18.0. The van der Waals surface area contributed by atoms with E-state index in [0.29, 0.717) is 5.92 Å². The molecule has 0 saturated carbocycles. The van der Waals surface area contributed by atoms with Crippen molar-refractivity contribution in [3.05, 3.63) is 18.0 Å². The minimum absolute atomic E-state index is 0. The van der Waals surface area contributed by atoms with Gasteiger partial charge in [-0.25, -0.2) is 0 Å². The van der Waals surface area contributed by atoms with Crippen LogP contribution in [0.15, 0.2) is 12.3 Å². The van der Waals surface area contributed by atoms with E-state index in [4.69, 9.17) is 5.73 Å². The molecule has 1 fully saturated rings. The van der Waals surface area contributed by atoms with Gasteiger partial charge < -0.3 is 10.6 Å². The number of hydrogen-bond acceptors (Lipinski definition) is 3.